The van der Waals surface area contributed by atoms with Crippen molar-refractivity contribution >= 4 is 11.9 Å². The van der Waals surface area contributed by atoms with E-state index in [0.29, 0.717) is 12.8 Å². The number of rotatable bonds is 9. The molecule has 0 radical (unpaired) electrons. The van der Waals surface area contributed by atoms with Gasteiger partial charge in [-0.1, -0.05) is 13.3 Å². The molecule has 0 bridgehead atoms. The summed E-state index contributed by atoms with van der Waals surface area (Å²) in [6.45, 7) is 3.67. The van der Waals surface area contributed by atoms with E-state index in [9.17, 15) is 9.59 Å². The highest BCUT2D eigenvalue weighted by Crippen LogP contribution is 2.37. The Morgan fingerprint density at radius 2 is 1.95 bits per heavy atom. The second-order valence-electron chi connectivity index (χ2n) is 6.06. The summed E-state index contributed by atoms with van der Waals surface area (Å²) in [6, 6.07) is 0.0810. The first-order valence-corrected chi connectivity index (χ1v) is 7.46. The van der Waals surface area contributed by atoms with Crippen LogP contribution in [0.4, 0.5) is 0 Å². The van der Waals surface area contributed by atoms with Crippen LogP contribution in [-0.2, 0) is 14.3 Å². The van der Waals surface area contributed by atoms with Crippen LogP contribution in [0.5, 0.6) is 0 Å². The van der Waals surface area contributed by atoms with Gasteiger partial charge in [-0.25, -0.2) is 0 Å². The maximum Gasteiger partial charge on any atom is 0.306 e. The molecule has 0 aromatic carbocycles. The summed E-state index contributed by atoms with van der Waals surface area (Å²) in [7, 11) is 1.67. The molecule has 2 unspecified atom stereocenters. The number of hydrogen-bond acceptors (Lipinski definition) is 3. The summed E-state index contributed by atoms with van der Waals surface area (Å²) >= 11 is 0. The van der Waals surface area contributed by atoms with Crippen LogP contribution in [0.1, 0.15) is 58.8 Å². The van der Waals surface area contributed by atoms with Crippen molar-refractivity contribution in [3.63, 3.8) is 0 Å². The zero-order valence-electron chi connectivity index (χ0n) is 12.8. The highest BCUT2D eigenvalue weighted by atomic mass is 16.5. The quantitative estimate of drug-likeness (QED) is 0.682. The summed E-state index contributed by atoms with van der Waals surface area (Å²) < 4.78 is 5.44. The van der Waals surface area contributed by atoms with E-state index < -0.39 is 5.97 Å². The second-order valence-corrected chi connectivity index (χ2v) is 6.06. The molecule has 5 nitrogen and oxygen atoms in total. The van der Waals surface area contributed by atoms with Crippen molar-refractivity contribution in [1.82, 2.24) is 5.32 Å². The number of nitrogens with one attached hydrogen (secondary N) is 1. The predicted octanol–water partition coefficient (Wildman–Crippen LogP) is 2.34. The van der Waals surface area contributed by atoms with E-state index in [1.807, 2.05) is 6.92 Å². The van der Waals surface area contributed by atoms with Crippen LogP contribution >= 0.6 is 0 Å². The molecule has 2 N–H and O–H groups in total. The zero-order chi connectivity index (χ0) is 15.2. The van der Waals surface area contributed by atoms with Crippen molar-refractivity contribution in [3.05, 3.63) is 0 Å². The molecule has 1 rings (SSSR count). The number of carboxylic acids is 1. The van der Waals surface area contributed by atoms with E-state index in [2.05, 4.69) is 5.32 Å². The number of carbonyl (C=O) groups is 2. The standard InChI is InChI=1S/C15H27NO4/c1-11(14(18)19)6-4-7-12(2)16-13(17)10-15(20-3)8-5-9-15/h11-12H,4-10H2,1-3H3,(H,16,17)(H,18,19). The van der Waals surface area contributed by atoms with Gasteiger partial charge in [0.2, 0.25) is 5.91 Å². The maximum absolute atomic E-state index is 11.9. The van der Waals surface area contributed by atoms with Crippen LogP contribution in [0, 0.1) is 5.92 Å². The number of methoxy groups -OCH3 is 1. The van der Waals surface area contributed by atoms with Crippen molar-refractivity contribution in [1.29, 1.82) is 0 Å². The number of carboxylic acid groups (broad SMARTS) is 1. The Hall–Kier alpha value is -1.10. The lowest BCUT2D eigenvalue weighted by molar-refractivity contribution is -0.141. The van der Waals surface area contributed by atoms with Crippen molar-refractivity contribution in [2.45, 2.75) is 70.4 Å². The Balaban J connectivity index is 2.19. The molecule has 5 heteroatoms. The average molecular weight is 285 g/mol. The number of carbonyl (C=O) groups excluding carboxylic acids is 1. The number of aliphatic carboxylic acids is 1. The third-order valence-electron chi connectivity index (χ3n) is 4.28. The monoisotopic (exact) mass is 285 g/mol. The molecular formula is C15H27NO4. The highest BCUT2D eigenvalue weighted by Gasteiger charge is 2.39. The normalized spacial score (nSPS) is 19.8. The van der Waals surface area contributed by atoms with Crippen LogP contribution in [-0.4, -0.2) is 35.7 Å². The van der Waals surface area contributed by atoms with Gasteiger partial charge in [-0.05, 0) is 39.0 Å². The largest absolute Gasteiger partial charge is 0.481 e. The van der Waals surface area contributed by atoms with Gasteiger partial charge < -0.3 is 15.2 Å². The average Bonchev–Trinajstić information content (AvgIpc) is 2.33. The van der Waals surface area contributed by atoms with Gasteiger partial charge >= 0.3 is 5.97 Å². The summed E-state index contributed by atoms with van der Waals surface area (Å²) in [5.74, 6) is -1.04. The fraction of sp³-hybridized carbons (Fsp3) is 0.867. The van der Waals surface area contributed by atoms with Crippen molar-refractivity contribution in [3.8, 4) is 0 Å². The minimum absolute atomic E-state index is 0.0327. The van der Waals surface area contributed by atoms with Gasteiger partial charge in [0.25, 0.3) is 0 Å². The Kier molecular flexibility index (Phi) is 6.46. The molecule has 0 heterocycles. The molecule has 1 fully saturated rings. The molecule has 0 aliphatic heterocycles. The summed E-state index contributed by atoms with van der Waals surface area (Å²) in [6.07, 6.45) is 5.75. The molecule has 116 valence electrons. The lowest BCUT2D eigenvalue weighted by Gasteiger charge is -2.40. The number of hydrogen-bond donors (Lipinski definition) is 2. The SMILES string of the molecule is COC1(CC(=O)NC(C)CCCC(C)C(=O)O)CCC1. The topological polar surface area (TPSA) is 75.6 Å². The van der Waals surface area contributed by atoms with Crippen LogP contribution in [0.2, 0.25) is 0 Å². The molecule has 20 heavy (non-hydrogen) atoms. The summed E-state index contributed by atoms with van der Waals surface area (Å²) in [5, 5.41) is 11.8. The Morgan fingerprint density at radius 1 is 1.30 bits per heavy atom. The minimum atomic E-state index is -0.756. The van der Waals surface area contributed by atoms with E-state index in [1.165, 1.54) is 0 Å². The molecule has 1 aliphatic carbocycles. The molecule has 0 spiro atoms. The molecule has 0 saturated heterocycles. The first-order valence-electron chi connectivity index (χ1n) is 7.46. The third-order valence-corrected chi connectivity index (χ3v) is 4.28. The van der Waals surface area contributed by atoms with Crippen molar-refractivity contribution < 1.29 is 19.4 Å². The van der Waals surface area contributed by atoms with E-state index >= 15 is 0 Å². The van der Waals surface area contributed by atoms with Gasteiger partial charge in [-0.15, -0.1) is 0 Å². The van der Waals surface area contributed by atoms with E-state index in [1.54, 1.807) is 14.0 Å². The number of amides is 1. The Bertz CT molecular complexity index is 333. The van der Waals surface area contributed by atoms with E-state index in [0.717, 1.165) is 32.1 Å². The molecule has 0 aromatic rings. The Labute approximate surface area is 121 Å². The van der Waals surface area contributed by atoms with Gasteiger partial charge in [0, 0.05) is 13.2 Å². The van der Waals surface area contributed by atoms with Gasteiger partial charge in [0.1, 0.15) is 0 Å². The maximum atomic E-state index is 11.9. The number of ether oxygens (including phenoxy) is 1. The summed E-state index contributed by atoms with van der Waals surface area (Å²) in [5.41, 5.74) is -0.234. The van der Waals surface area contributed by atoms with Gasteiger partial charge in [-0.2, -0.15) is 0 Å². The lowest BCUT2D eigenvalue weighted by atomic mass is 9.77. The predicted molar refractivity (Wildman–Crippen MR) is 76.5 cm³/mol. The fourth-order valence-electron chi connectivity index (χ4n) is 2.57. The van der Waals surface area contributed by atoms with Crippen LogP contribution < -0.4 is 5.32 Å². The lowest BCUT2D eigenvalue weighted by Crippen LogP contribution is -2.45. The van der Waals surface area contributed by atoms with Crippen LogP contribution in [0.3, 0.4) is 0 Å². The van der Waals surface area contributed by atoms with Crippen molar-refractivity contribution in [2.24, 2.45) is 5.92 Å². The van der Waals surface area contributed by atoms with Gasteiger partial charge in [-0.3, -0.25) is 9.59 Å². The summed E-state index contributed by atoms with van der Waals surface area (Å²) in [4.78, 5) is 22.6. The van der Waals surface area contributed by atoms with Crippen LogP contribution in [0.15, 0.2) is 0 Å². The third kappa shape index (κ3) is 5.12. The molecule has 1 aliphatic rings. The highest BCUT2D eigenvalue weighted by molar-refractivity contribution is 5.77. The molecule has 1 saturated carbocycles. The Morgan fingerprint density at radius 3 is 2.40 bits per heavy atom. The van der Waals surface area contributed by atoms with Crippen LogP contribution in [0.25, 0.3) is 0 Å². The fourth-order valence-corrected chi connectivity index (χ4v) is 2.57. The minimum Gasteiger partial charge on any atom is -0.481 e. The first kappa shape index (κ1) is 17.0. The van der Waals surface area contributed by atoms with Crippen molar-refractivity contribution in [2.75, 3.05) is 7.11 Å². The van der Waals surface area contributed by atoms with Gasteiger partial charge in [0.05, 0.1) is 17.9 Å². The smallest absolute Gasteiger partial charge is 0.306 e. The van der Waals surface area contributed by atoms with E-state index in [4.69, 9.17) is 9.84 Å². The molecular weight excluding hydrogens is 258 g/mol. The molecule has 1 amide bonds. The molecule has 0 aromatic heterocycles. The second kappa shape index (κ2) is 7.62. The van der Waals surface area contributed by atoms with E-state index in [-0.39, 0.29) is 23.5 Å². The zero-order valence-corrected chi connectivity index (χ0v) is 12.8. The van der Waals surface area contributed by atoms with Gasteiger partial charge in [0.15, 0.2) is 0 Å². The first-order chi connectivity index (χ1) is 9.38. The molecule has 2 atom stereocenters.